The van der Waals surface area contributed by atoms with Crippen LogP contribution in [0.15, 0.2) is 0 Å². The Morgan fingerprint density at radius 3 is 2.47 bits per heavy atom. The molecule has 1 N–H and O–H groups in total. The first kappa shape index (κ1) is 25.7. The molecule has 2 spiro atoms. The molecule has 1 aliphatic heterocycles. The van der Waals surface area contributed by atoms with Gasteiger partial charge in [-0.15, -0.1) is 0 Å². The lowest BCUT2D eigenvalue weighted by Gasteiger charge is -2.59. The number of aliphatic hydroxyl groups excluding tert-OH is 1. The Bertz CT molecular complexity index is 871. The summed E-state index contributed by atoms with van der Waals surface area (Å²) < 4.78 is 6.91. The van der Waals surface area contributed by atoms with Gasteiger partial charge in [0.15, 0.2) is 0 Å². The Labute approximate surface area is 220 Å². The molecule has 0 radical (unpaired) electrons. The van der Waals surface area contributed by atoms with Crippen molar-refractivity contribution in [1.82, 2.24) is 4.90 Å². The van der Waals surface area contributed by atoms with Crippen LogP contribution in [0.3, 0.4) is 0 Å². The highest BCUT2D eigenvalue weighted by Crippen LogP contribution is 2.87. The summed E-state index contributed by atoms with van der Waals surface area (Å²) in [5.41, 5.74) is 1.60. The van der Waals surface area contributed by atoms with Gasteiger partial charge < -0.3 is 14.7 Å². The highest BCUT2D eigenvalue weighted by molar-refractivity contribution is 5.73. The quantitative estimate of drug-likeness (QED) is 0.419. The van der Waals surface area contributed by atoms with Gasteiger partial charge in [0.05, 0.1) is 18.3 Å². The van der Waals surface area contributed by atoms with Crippen molar-refractivity contribution in [3.8, 4) is 0 Å². The number of hydrogen-bond donors (Lipinski definition) is 1. The van der Waals surface area contributed by atoms with Crippen LogP contribution in [0.25, 0.3) is 0 Å². The molecule has 5 saturated carbocycles. The number of rotatable bonds is 6. The Morgan fingerprint density at radius 1 is 0.944 bits per heavy atom. The van der Waals surface area contributed by atoms with Crippen molar-refractivity contribution in [1.29, 1.82) is 0 Å². The molecular weight excluding hydrogens is 446 g/mol. The fraction of sp³-hybridized carbons (Fsp3) is 0.969. The van der Waals surface area contributed by atoms with Gasteiger partial charge in [0.25, 0.3) is 0 Å². The van der Waals surface area contributed by atoms with E-state index in [9.17, 15) is 9.90 Å². The molecule has 1 amide bonds. The molecule has 204 valence electrons. The lowest BCUT2D eigenvalue weighted by molar-refractivity contribution is -0.139. The minimum atomic E-state index is -0.118. The molecule has 1 heterocycles. The summed E-state index contributed by atoms with van der Waals surface area (Å²) in [6.07, 6.45) is 16.9. The van der Waals surface area contributed by atoms with E-state index in [0.717, 1.165) is 44.2 Å². The summed E-state index contributed by atoms with van der Waals surface area (Å²) in [5.74, 6) is 3.31. The average Bonchev–Trinajstić information content (AvgIpc) is 3.41. The fourth-order valence-corrected chi connectivity index (χ4v) is 11.6. The van der Waals surface area contributed by atoms with Crippen LogP contribution < -0.4 is 0 Å². The Hall–Kier alpha value is -0.610. The van der Waals surface area contributed by atoms with E-state index in [1.54, 1.807) is 6.92 Å². The van der Waals surface area contributed by atoms with Crippen molar-refractivity contribution >= 4 is 5.91 Å². The van der Waals surface area contributed by atoms with Gasteiger partial charge in [-0.25, -0.2) is 0 Å². The van der Waals surface area contributed by atoms with Crippen LogP contribution in [-0.2, 0) is 9.53 Å². The standard InChI is InChI=1S/C32H53NO3/c1-6-7-8-17-33(21(2)34)19-22-9-10-24-26(36-22)18-25-23-11-12-27-29(3,4)28(35)13-14-32(27)20-31(23,32)16-15-30(24,25)5/h22-28,35H,6-20H2,1-5H3/t22?,23?,24?,25?,26?,27?,28-,30+,31-,32?/m0/s1. The maximum atomic E-state index is 12.3. The van der Waals surface area contributed by atoms with Gasteiger partial charge in [0.2, 0.25) is 5.91 Å². The molecule has 4 heteroatoms. The molecule has 7 unspecified atom stereocenters. The van der Waals surface area contributed by atoms with Crippen LogP contribution in [-0.4, -0.2) is 47.3 Å². The first-order valence-corrected chi connectivity index (χ1v) is 15.7. The summed E-state index contributed by atoms with van der Waals surface area (Å²) >= 11 is 0. The van der Waals surface area contributed by atoms with Crippen molar-refractivity contribution in [2.24, 2.45) is 45.3 Å². The average molecular weight is 500 g/mol. The van der Waals surface area contributed by atoms with Gasteiger partial charge in [-0.2, -0.15) is 0 Å². The van der Waals surface area contributed by atoms with Crippen LogP contribution in [0.1, 0.15) is 118 Å². The zero-order valence-electron chi connectivity index (χ0n) is 23.9. The van der Waals surface area contributed by atoms with Crippen molar-refractivity contribution in [2.75, 3.05) is 13.1 Å². The monoisotopic (exact) mass is 499 g/mol. The van der Waals surface area contributed by atoms with Gasteiger partial charge >= 0.3 is 0 Å². The molecule has 0 bridgehead atoms. The molecule has 4 nitrogen and oxygen atoms in total. The largest absolute Gasteiger partial charge is 0.393 e. The normalized spacial score (nSPS) is 50.2. The van der Waals surface area contributed by atoms with E-state index < -0.39 is 0 Å². The number of fused-ring (bicyclic) bond motifs is 4. The highest BCUT2D eigenvalue weighted by atomic mass is 16.5. The van der Waals surface area contributed by atoms with E-state index in [1.807, 2.05) is 0 Å². The molecular formula is C32H53NO3. The van der Waals surface area contributed by atoms with E-state index >= 15 is 0 Å². The van der Waals surface area contributed by atoms with Gasteiger partial charge in [0.1, 0.15) is 0 Å². The van der Waals surface area contributed by atoms with Gasteiger partial charge in [-0.3, -0.25) is 4.79 Å². The minimum Gasteiger partial charge on any atom is -0.393 e. The maximum absolute atomic E-state index is 12.3. The van der Waals surface area contributed by atoms with Crippen LogP contribution >= 0.6 is 0 Å². The molecule has 0 aromatic carbocycles. The van der Waals surface area contributed by atoms with E-state index in [1.165, 1.54) is 64.2 Å². The molecule has 0 aromatic rings. The van der Waals surface area contributed by atoms with Crippen molar-refractivity contribution in [2.45, 2.75) is 136 Å². The third kappa shape index (κ3) is 3.48. The number of amides is 1. The van der Waals surface area contributed by atoms with Crippen LogP contribution in [0.4, 0.5) is 0 Å². The molecule has 10 atom stereocenters. The predicted octanol–water partition coefficient (Wildman–Crippen LogP) is 6.59. The zero-order valence-corrected chi connectivity index (χ0v) is 23.9. The maximum Gasteiger partial charge on any atom is 0.219 e. The number of hydrogen-bond acceptors (Lipinski definition) is 3. The van der Waals surface area contributed by atoms with Gasteiger partial charge in [0, 0.05) is 20.0 Å². The van der Waals surface area contributed by atoms with E-state index in [4.69, 9.17) is 4.74 Å². The van der Waals surface area contributed by atoms with E-state index in [0.29, 0.717) is 34.2 Å². The molecule has 6 rings (SSSR count). The molecule has 1 saturated heterocycles. The number of ether oxygens (including phenoxy) is 1. The van der Waals surface area contributed by atoms with Gasteiger partial charge in [-0.1, -0.05) is 40.5 Å². The summed E-state index contributed by atoms with van der Waals surface area (Å²) in [7, 11) is 0. The lowest BCUT2D eigenvalue weighted by Crippen LogP contribution is -2.54. The smallest absolute Gasteiger partial charge is 0.219 e. The number of unbranched alkanes of at least 4 members (excludes halogenated alkanes) is 2. The van der Waals surface area contributed by atoms with Gasteiger partial charge in [-0.05, 0) is 116 Å². The molecule has 6 fully saturated rings. The molecule has 0 aromatic heterocycles. The first-order chi connectivity index (χ1) is 17.1. The van der Waals surface area contributed by atoms with Crippen molar-refractivity contribution in [3.05, 3.63) is 0 Å². The minimum absolute atomic E-state index is 0.0766. The predicted molar refractivity (Wildman–Crippen MR) is 143 cm³/mol. The number of carbonyl (C=O) groups excluding carboxylic acids is 1. The third-order valence-electron chi connectivity index (χ3n) is 13.6. The lowest BCUT2D eigenvalue weighted by atomic mass is 9.46. The second-order valence-electron chi connectivity index (χ2n) is 15.1. The van der Waals surface area contributed by atoms with E-state index in [-0.39, 0.29) is 23.5 Å². The summed E-state index contributed by atoms with van der Waals surface area (Å²) in [6.45, 7) is 13.0. The Kier molecular flexibility index (Phi) is 6.20. The topological polar surface area (TPSA) is 49.8 Å². The van der Waals surface area contributed by atoms with Crippen LogP contribution in [0.2, 0.25) is 0 Å². The fourth-order valence-electron chi connectivity index (χ4n) is 11.6. The molecule has 5 aliphatic carbocycles. The number of aliphatic hydroxyl groups is 1. The van der Waals surface area contributed by atoms with Crippen LogP contribution in [0.5, 0.6) is 0 Å². The number of carbonyl (C=O) groups is 1. The summed E-state index contributed by atoms with van der Waals surface area (Å²) in [4.78, 5) is 14.4. The second kappa shape index (κ2) is 8.70. The van der Waals surface area contributed by atoms with Crippen LogP contribution in [0, 0.1) is 45.3 Å². The highest BCUT2D eigenvalue weighted by Gasteiger charge is 2.80. The van der Waals surface area contributed by atoms with Crippen molar-refractivity contribution < 1.29 is 14.6 Å². The summed E-state index contributed by atoms with van der Waals surface area (Å²) in [6, 6.07) is 0. The molecule has 6 aliphatic rings. The van der Waals surface area contributed by atoms with E-state index in [2.05, 4.69) is 32.6 Å². The number of nitrogens with zero attached hydrogens (tertiary/aromatic N) is 1. The third-order valence-corrected chi connectivity index (χ3v) is 13.6. The SMILES string of the molecule is CCCCCN(CC1CCC2C(CC3C4CCC5C(C)(C)[C@@H](O)CCC56C[C@@]46CC[C@]23C)O1)C(C)=O. The zero-order chi connectivity index (χ0) is 25.5. The van der Waals surface area contributed by atoms with Crippen molar-refractivity contribution in [3.63, 3.8) is 0 Å². The molecule has 36 heavy (non-hydrogen) atoms. The Morgan fingerprint density at radius 2 is 1.72 bits per heavy atom. The Balaban J connectivity index is 1.16. The first-order valence-electron chi connectivity index (χ1n) is 15.7. The summed E-state index contributed by atoms with van der Waals surface area (Å²) in [5, 5.41) is 10.9. The second-order valence-corrected chi connectivity index (χ2v) is 15.1.